The molecule has 0 unspecified atom stereocenters. The van der Waals surface area contributed by atoms with Crippen LogP contribution in [0.2, 0.25) is 0 Å². The second-order valence-electron chi connectivity index (χ2n) is 13.4. The molecule has 0 fully saturated rings. The van der Waals surface area contributed by atoms with Crippen LogP contribution >= 0.6 is 0 Å². The van der Waals surface area contributed by atoms with Crippen LogP contribution in [0.4, 0.5) is 17.1 Å². The van der Waals surface area contributed by atoms with E-state index in [9.17, 15) is 0 Å². The molecule has 0 amide bonds. The van der Waals surface area contributed by atoms with Gasteiger partial charge in [-0.2, -0.15) is 0 Å². The highest BCUT2D eigenvalue weighted by Crippen LogP contribution is 2.40. The van der Waals surface area contributed by atoms with E-state index in [-0.39, 0.29) is 0 Å². The monoisotopic (exact) mass is 662 g/mol. The summed E-state index contributed by atoms with van der Waals surface area (Å²) in [5.74, 6) is 0. The Hall–Kier alpha value is -6.90. The number of para-hydroxylation sites is 2. The number of nitrogens with zero attached hydrogens (tertiary/aromatic N) is 2. The molecule has 0 aliphatic heterocycles. The number of hydrogen-bond acceptors (Lipinski definition) is 1. The molecule has 2 nitrogen and oxygen atoms in total. The Kier molecular flexibility index (Phi) is 7.18. The molecule has 1 heterocycles. The van der Waals surface area contributed by atoms with Gasteiger partial charge in [-0.05, 0) is 104 Å². The summed E-state index contributed by atoms with van der Waals surface area (Å²) in [6.45, 7) is 0. The Bertz CT molecular complexity index is 2830. The Morgan fingerprint density at radius 3 is 1.54 bits per heavy atom. The van der Waals surface area contributed by atoms with Crippen LogP contribution in [0.25, 0.3) is 71.3 Å². The lowest BCUT2D eigenvalue weighted by Gasteiger charge is -2.27. The van der Waals surface area contributed by atoms with E-state index in [1.165, 1.54) is 65.6 Å². The molecule has 2 heteroatoms. The molecular formula is C50H34N2. The molecule has 1 aromatic heterocycles. The van der Waals surface area contributed by atoms with E-state index in [2.05, 4.69) is 216 Å². The van der Waals surface area contributed by atoms with Crippen molar-refractivity contribution < 1.29 is 0 Å². The smallest absolute Gasteiger partial charge is 0.0541 e. The standard InChI is InChI=1S/C50H34N2/c1-2-11-35(12-3-1)39-14-10-15-43(33-39)51(44-31-32-46-40(34-44)22-21-38-13-4-5-16-45(38)46)41-27-23-36(24-28-41)37-25-29-42(30-26-37)52-49-19-8-6-17-47(49)48-18-7-9-20-50(48)52/h1-34H. The highest BCUT2D eigenvalue weighted by molar-refractivity contribution is 6.10. The van der Waals surface area contributed by atoms with Gasteiger partial charge in [-0.1, -0.05) is 146 Å². The van der Waals surface area contributed by atoms with Crippen molar-refractivity contribution in [3.8, 4) is 27.9 Å². The number of benzene rings is 9. The average Bonchev–Trinajstić information content (AvgIpc) is 3.56. The van der Waals surface area contributed by atoms with Gasteiger partial charge in [0, 0.05) is 33.5 Å². The number of rotatable bonds is 6. The molecule has 10 rings (SSSR count). The summed E-state index contributed by atoms with van der Waals surface area (Å²) >= 11 is 0. The summed E-state index contributed by atoms with van der Waals surface area (Å²) in [5, 5.41) is 7.57. The van der Waals surface area contributed by atoms with Crippen molar-refractivity contribution >= 4 is 60.4 Å². The molecule has 0 radical (unpaired) electrons. The van der Waals surface area contributed by atoms with Gasteiger partial charge in [0.15, 0.2) is 0 Å². The first kappa shape index (κ1) is 30.0. The summed E-state index contributed by atoms with van der Waals surface area (Å²) in [5.41, 5.74) is 11.7. The summed E-state index contributed by atoms with van der Waals surface area (Å²) in [6.07, 6.45) is 0. The summed E-state index contributed by atoms with van der Waals surface area (Å²) < 4.78 is 2.37. The molecule has 0 saturated carbocycles. The minimum Gasteiger partial charge on any atom is -0.310 e. The average molecular weight is 663 g/mol. The number of hydrogen-bond donors (Lipinski definition) is 0. The van der Waals surface area contributed by atoms with Crippen molar-refractivity contribution in [1.82, 2.24) is 4.57 Å². The van der Waals surface area contributed by atoms with Crippen molar-refractivity contribution in [3.05, 3.63) is 206 Å². The van der Waals surface area contributed by atoms with E-state index in [1.54, 1.807) is 0 Å². The van der Waals surface area contributed by atoms with E-state index >= 15 is 0 Å². The zero-order chi connectivity index (χ0) is 34.4. The summed E-state index contributed by atoms with van der Waals surface area (Å²) in [4.78, 5) is 2.37. The van der Waals surface area contributed by atoms with Crippen LogP contribution in [0.3, 0.4) is 0 Å². The predicted octanol–water partition coefficient (Wildman–Crippen LogP) is 13.9. The van der Waals surface area contributed by atoms with Crippen molar-refractivity contribution in [1.29, 1.82) is 0 Å². The van der Waals surface area contributed by atoms with Gasteiger partial charge in [-0.3, -0.25) is 0 Å². The highest BCUT2D eigenvalue weighted by Gasteiger charge is 2.16. The lowest BCUT2D eigenvalue weighted by atomic mass is 10.0. The van der Waals surface area contributed by atoms with Gasteiger partial charge in [0.2, 0.25) is 0 Å². The van der Waals surface area contributed by atoms with Gasteiger partial charge in [0.1, 0.15) is 0 Å². The van der Waals surface area contributed by atoms with Crippen molar-refractivity contribution in [2.45, 2.75) is 0 Å². The minimum absolute atomic E-state index is 1.11. The molecule has 0 bridgehead atoms. The Balaban J connectivity index is 1.04. The first-order valence-corrected chi connectivity index (χ1v) is 17.8. The van der Waals surface area contributed by atoms with Gasteiger partial charge in [0.05, 0.1) is 11.0 Å². The van der Waals surface area contributed by atoms with E-state index in [4.69, 9.17) is 0 Å². The molecule has 10 aromatic rings. The maximum Gasteiger partial charge on any atom is 0.0541 e. The van der Waals surface area contributed by atoms with Crippen molar-refractivity contribution in [2.24, 2.45) is 0 Å². The number of aromatic nitrogens is 1. The summed E-state index contributed by atoms with van der Waals surface area (Å²) in [6, 6.07) is 74.7. The maximum absolute atomic E-state index is 2.37. The van der Waals surface area contributed by atoms with Crippen LogP contribution in [-0.4, -0.2) is 4.57 Å². The van der Waals surface area contributed by atoms with Gasteiger partial charge < -0.3 is 9.47 Å². The van der Waals surface area contributed by atoms with Crippen LogP contribution in [-0.2, 0) is 0 Å². The lowest BCUT2D eigenvalue weighted by Crippen LogP contribution is -2.10. The third-order valence-corrected chi connectivity index (χ3v) is 10.4. The topological polar surface area (TPSA) is 8.17 Å². The fraction of sp³-hybridized carbons (Fsp3) is 0. The normalized spacial score (nSPS) is 11.5. The van der Waals surface area contributed by atoms with Crippen LogP contribution in [0.15, 0.2) is 206 Å². The molecule has 0 aliphatic rings. The molecular weight excluding hydrogens is 629 g/mol. The van der Waals surface area contributed by atoms with E-state index in [0.29, 0.717) is 0 Å². The van der Waals surface area contributed by atoms with Gasteiger partial charge in [-0.15, -0.1) is 0 Å². The van der Waals surface area contributed by atoms with Crippen molar-refractivity contribution in [2.75, 3.05) is 4.90 Å². The van der Waals surface area contributed by atoms with Gasteiger partial charge >= 0.3 is 0 Å². The van der Waals surface area contributed by atoms with Crippen LogP contribution in [0.5, 0.6) is 0 Å². The predicted molar refractivity (Wildman–Crippen MR) is 221 cm³/mol. The first-order valence-electron chi connectivity index (χ1n) is 17.8. The molecule has 0 atom stereocenters. The largest absolute Gasteiger partial charge is 0.310 e. The van der Waals surface area contributed by atoms with E-state index < -0.39 is 0 Å². The number of anilines is 3. The molecule has 244 valence electrons. The van der Waals surface area contributed by atoms with Gasteiger partial charge in [-0.25, -0.2) is 0 Å². The van der Waals surface area contributed by atoms with Crippen LogP contribution in [0, 0.1) is 0 Å². The fourth-order valence-electron chi connectivity index (χ4n) is 7.85. The SMILES string of the molecule is c1ccc(-c2cccc(N(c3ccc(-c4ccc(-n5c6ccccc6c6ccccc65)cc4)cc3)c3ccc4c(ccc5ccccc54)c3)c2)cc1. The zero-order valence-electron chi connectivity index (χ0n) is 28.5. The first-order chi connectivity index (χ1) is 25.8. The molecule has 9 aromatic carbocycles. The van der Waals surface area contributed by atoms with Crippen LogP contribution in [0.1, 0.15) is 0 Å². The van der Waals surface area contributed by atoms with Gasteiger partial charge in [0.25, 0.3) is 0 Å². The quantitative estimate of drug-likeness (QED) is 0.161. The van der Waals surface area contributed by atoms with E-state index in [0.717, 1.165) is 22.7 Å². The number of fused-ring (bicyclic) bond motifs is 6. The Labute approximate surface area is 303 Å². The Morgan fingerprint density at radius 1 is 0.288 bits per heavy atom. The Morgan fingerprint density at radius 2 is 0.808 bits per heavy atom. The third-order valence-electron chi connectivity index (χ3n) is 10.4. The summed E-state index contributed by atoms with van der Waals surface area (Å²) in [7, 11) is 0. The molecule has 0 aliphatic carbocycles. The molecule has 0 saturated heterocycles. The second-order valence-corrected chi connectivity index (χ2v) is 13.4. The molecule has 0 spiro atoms. The van der Waals surface area contributed by atoms with Crippen LogP contribution < -0.4 is 4.90 Å². The van der Waals surface area contributed by atoms with E-state index in [1.807, 2.05) is 0 Å². The zero-order valence-corrected chi connectivity index (χ0v) is 28.5. The maximum atomic E-state index is 2.37. The highest BCUT2D eigenvalue weighted by atomic mass is 15.1. The molecule has 0 N–H and O–H groups in total. The third kappa shape index (κ3) is 5.12. The molecule has 52 heavy (non-hydrogen) atoms. The minimum atomic E-state index is 1.11. The lowest BCUT2D eigenvalue weighted by molar-refractivity contribution is 1.18. The second kappa shape index (κ2) is 12.5. The fourth-order valence-corrected chi connectivity index (χ4v) is 7.85. The van der Waals surface area contributed by atoms with Crippen molar-refractivity contribution in [3.63, 3.8) is 0 Å².